The highest BCUT2D eigenvalue weighted by atomic mass is 16.3. The number of pyridine rings is 1. The van der Waals surface area contributed by atoms with Crippen LogP contribution < -0.4 is 0 Å². The molecule has 0 spiro atoms. The second kappa shape index (κ2) is 5.17. The van der Waals surface area contributed by atoms with Gasteiger partial charge in [-0.1, -0.05) is 47.6 Å². The highest BCUT2D eigenvalue weighted by Crippen LogP contribution is 2.42. The van der Waals surface area contributed by atoms with Gasteiger partial charge in [0.2, 0.25) is 0 Å². The quantitative estimate of drug-likeness (QED) is 0.858. The molecule has 22 heavy (non-hydrogen) atoms. The molecule has 3 heteroatoms. The van der Waals surface area contributed by atoms with E-state index < -0.39 is 5.60 Å². The standard InChI is InChI=1S/C19H25NO2/c1-17(2,3)13-11-19(22,15-9-7-8-10-20-15)12-14(16(13)21)18(4,5)6/h7-12,22H,1-6H3. The van der Waals surface area contributed by atoms with E-state index in [1.807, 2.05) is 53.7 Å². The molecule has 1 aromatic heterocycles. The first-order valence-corrected chi connectivity index (χ1v) is 7.60. The van der Waals surface area contributed by atoms with E-state index in [-0.39, 0.29) is 16.6 Å². The van der Waals surface area contributed by atoms with Gasteiger partial charge in [0.15, 0.2) is 5.78 Å². The molecule has 1 aliphatic carbocycles. The molecule has 0 bridgehead atoms. The molecule has 0 saturated carbocycles. The molecule has 2 rings (SSSR count). The van der Waals surface area contributed by atoms with Crippen LogP contribution in [0.2, 0.25) is 0 Å². The van der Waals surface area contributed by atoms with Gasteiger partial charge < -0.3 is 5.11 Å². The zero-order valence-corrected chi connectivity index (χ0v) is 14.3. The fourth-order valence-corrected chi connectivity index (χ4v) is 2.62. The zero-order chi connectivity index (χ0) is 16.8. The molecule has 1 N–H and O–H groups in total. The van der Waals surface area contributed by atoms with Crippen LogP contribution in [0.15, 0.2) is 47.7 Å². The van der Waals surface area contributed by atoms with Gasteiger partial charge in [-0.2, -0.15) is 0 Å². The third-order valence-corrected chi connectivity index (χ3v) is 3.91. The first kappa shape index (κ1) is 16.6. The van der Waals surface area contributed by atoms with Crippen molar-refractivity contribution in [3.05, 3.63) is 53.4 Å². The number of hydrogen-bond acceptors (Lipinski definition) is 3. The van der Waals surface area contributed by atoms with Gasteiger partial charge in [0.05, 0.1) is 5.69 Å². The maximum Gasteiger partial charge on any atom is 0.185 e. The Morgan fingerprint density at radius 3 is 1.82 bits per heavy atom. The van der Waals surface area contributed by atoms with Crippen LogP contribution in [-0.4, -0.2) is 15.9 Å². The lowest BCUT2D eigenvalue weighted by atomic mass is 9.69. The summed E-state index contributed by atoms with van der Waals surface area (Å²) < 4.78 is 0. The van der Waals surface area contributed by atoms with Gasteiger partial charge in [0.1, 0.15) is 5.60 Å². The Labute approximate surface area is 132 Å². The molecule has 118 valence electrons. The molecule has 0 aromatic carbocycles. The van der Waals surface area contributed by atoms with Crippen LogP contribution in [0.4, 0.5) is 0 Å². The van der Waals surface area contributed by atoms with Gasteiger partial charge in [-0.15, -0.1) is 0 Å². The van der Waals surface area contributed by atoms with Gasteiger partial charge >= 0.3 is 0 Å². The molecule has 3 nitrogen and oxygen atoms in total. The number of nitrogens with zero attached hydrogens (tertiary/aromatic N) is 1. The molecule has 0 atom stereocenters. The summed E-state index contributed by atoms with van der Waals surface area (Å²) in [5, 5.41) is 11.2. The number of aromatic nitrogens is 1. The fraction of sp³-hybridized carbons (Fsp3) is 0.474. The second-order valence-electron chi connectivity index (χ2n) is 7.99. The fourth-order valence-electron chi connectivity index (χ4n) is 2.62. The zero-order valence-electron chi connectivity index (χ0n) is 14.3. The Balaban J connectivity index is 2.69. The minimum absolute atomic E-state index is 0.0145. The number of aliphatic hydroxyl groups is 1. The Morgan fingerprint density at radius 2 is 1.45 bits per heavy atom. The number of rotatable bonds is 1. The third kappa shape index (κ3) is 3.05. The van der Waals surface area contributed by atoms with E-state index in [1.54, 1.807) is 24.4 Å². The molecule has 0 aliphatic heterocycles. The van der Waals surface area contributed by atoms with E-state index in [9.17, 15) is 9.90 Å². The number of carbonyl (C=O) groups is 1. The highest BCUT2D eigenvalue weighted by Gasteiger charge is 2.41. The largest absolute Gasteiger partial charge is 0.376 e. The Morgan fingerprint density at radius 1 is 0.955 bits per heavy atom. The van der Waals surface area contributed by atoms with Crippen molar-refractivity contribution in [3.8, 4) is 0 Å². The first-order valence-electron chi connectivity index (χ1n) is 7.60. The van der Waals surface area contributed by atoms with Gasteiger partial charge in [-0.25, -0.2) is 0 Å². The molecule has 1 aromatic rings. The van der Waals surface area contributed by atoms with Crippen molar-refractivity contribution in [2.75, 3.05) is 0 Å². The van der Waals surface area contributed by atoms with Crippen molar-refractivity contribution >= 4 is 5.78 Å². The van der Waals surface area contributed by atoms with E-state index in [2.05, 4.69) is 4.98 Å². The minimum atomic E-state index is -1.35. The van der Waals surface area contributed by atoms with E-state index >= 15 is 0 Å². The molecule has 0 unspecified atom stereocenters. The van der Waals surface area contributed by atoms with Crippen LogP contribution in [0.1, 0.15) is 47.2 Å². The average molecular weight is 299 g/mol. The lowest BCUT2D eigenvalue weighted by Crippen LogP contribution is -2.36. The van der Waals surface area contributed by atoms with Crippen LogP contribution in [-0.2, 0) is 10.4 Å². The van der Waals surface area contributed by atoms with Gasteiger partial charge in [-0.3, -0.25) is 9.78 Å². The second-order valence-corrected chi connectivity index (χ2v) is 7.99. The molecular weight excluding hydrogens is 274 g/mol. The summed E-state index contributed by atoms with van der Waals surface area (Å²) >= 11 is 0. The topological polar surface area (TPSA) is 50.2 Å². The van der Waals surface area contributed by atoms with Crippen molar-refractivity contribution in [2.45, 2.75) is 47.1 Å². The number of hydrogen-bond donors (Lipinski definition) is 1. The minimum Gasteiger partial charge on any atom is -0.376 e. The maximum absolute atomic E-state index is 12.9. The number of carbonyl (C=O) groups excluding carboxylic acids is 1. The monoisotopic (exact) mass is 299 g/mol. The van der Waals surface area contributed by atoms with Crippen molar-refractivity contribution in [3.63, 3.8) is 0 Å². The molecular formula is C19H25NO2. The van der Waals surface area contributed by atoms with Crippen molar-refractivity contribution < 1.29 is 9.90 Å². The maximum atomic E-state index is 12.9. The van der Waals surface area contributed by atoms with Crippen LogP contribution in [0, 0.1) is 10.8 Å². The molecule has 0 saturated heterocycles. The van der Waals surface area contributed by atoms with E-state index in [0.717, 1.165) is 0 Å². The summed E-state index contributed by atoms with van der Waals surface area (Å²) in [5.74, 6) is 0.0145. The predicted molar refractivity (Wildman–Crippen MR) is 88.2 cm³/mol. The van der Waals surface area contributed by atoms with Crippen molar-refractivity contribution in [1.29, 1.82) is 0 Å². The van der Waals surface area contributed by atoms with Crippen LogP contribution in [0.25, 0.3) is 0 Å². The number of Topliss-reactive ketones (excluding diaryl/α,β-unsaturated/α-hetero) is 1. The normalized spacial score (nSPS) is 18.8. The Hall–Kier alpha value is -1.74. The van der Waals surface area contributed by atoms with Gasteiger partial charge in [0.25, 0.3) is 0 Å². The summed E-state index contributed by atoms with van der Waals surface area (Å²) in [4.78, 5) is 17.2. The summed E-state index contributed by atoms with van der Waals surface area (Å²) in [7, 11) is 0. The van der Waals surface area contributed by atoms with Crippen molar-refractivity contribution in [1.82, 2.24) is 4.98 Å². The molecule has 1 heterocycles. The molecule has 0 radical (unpaired) electrons. The van der Waals surface area contributed by atoms with Crippen molar-refractivity contribution in [2.24, 2.45) is 10.8 Å². The summed E-state index contributed by atoms with van der Waals surface area (Å²) in [5.41, 5.74) is -0.234. The van der Waals surface area contributed by atoms with E-state index in [0.29, 0.717) is 16.8 Å². The first-order chi connectivity index (χ1) is 9.95. The number of allylic oxidation sites excluding steroid dienone is 2. The molecule has 0 amide bonds. The smallest absolute Gasteiger partial charge is 0.185 e. The molecule has 1 aliphatic rings. The summed E-state index contributed by atoms with van der Waals surface area (Å²) in [6, 6.07) is 5.43. The third-order valence-electron chi connectivity index (χ3n) is 3.91. The lowest BCUT2D eigenvalue weighted by molar-refractivity contribution is -0.114. The SMILES string of the molecule is CC(C)(C)C1=CC(O)(c2ccccn2)C=C(C(C)(C)C)C1=O. The van der Waals surface area contributed by atoms with Gasteiger partial charge in [0, 0.05) is 17.3 Å². The van der Waals surface area contributed by atoms with Crippen LogP contribution >= 0.6 is 0 Å². The molecule has 0 fully saturated rings. The number of ketones is 1. The van der Waals surface area contributed by atoms with Crippen LogP contribution in [0.3, 0.4) is 0 Å². The average Bonchev–Trinajstić information content (AvgIpc) is 2.40. The van der Waals surface area contributed by atoms with E-state index in [1.165, 1.54) is 0 Å². The highest BCUT2D eigenvalue weighted by molar-refractivity contribution is 6.11. The Bertz CT molecular complexity index is 606. The summed E-state index contributed by atoms with van der Waals surface area (Å²) in [6.45, 7) is 11.9. The van der Waals surface area contributed by atoms with E-state index in [4.69, 9.17) is 0 Å². The summed E-state index contributed by atoms with van der Waals surface area (Å²) in [6.07, 6.45) is 4.97. The van der Waals surface area contributed by atoms with Crippen LogP contribution in [0.5, 0.6) is 0 Å². The Kier molecular flexibility index (Phi) is 3.90. The van der Waals surface area contributed by atoms with Gasteiger partial charge in [-0.05, 0) is 35.1 Å². The lowest BCUT2D eigenvalue weighted by Gasteiger charge is -2.36. The predicted octanol–water partition coefficient (Wildman–Crippen LogP) is 3.80.